The number of ether oxygens (including phenoxy) is 2. The van der Waals surface area contributed by atoms with E-state index in [1.165, 1.54) is 0 Å². The van der Waals surface area contributed by atoms with E-state index in [0.29, 0.717) is 51.1 Å². The molecular formula is C22H28N6O4. The van der Waals surface area contributed by atoms with E-state index in [2.05, 4.69) is 15.5 Å². The van der Waals surface area contributed by atoms with Gasteiger partial charge in [0.2, 0.25) is 5.95 Å². The Kier molecular flexibility index (Phi) is 6.69. The van der Waals surface area contributed by atoms with Crippen LogP contribution in [0.15, 0.2) is 24.3 Å². The van der Waals surface area contributed by atoms with Crippen molar-refractivity contribution in [2.45, 2.75) is 26.9 Å². The maximum Gasteiger partial charge on any atom is 0.410 e. The number of rotatable bonds is 5. The number of aromatic nitrogens is 2. The number of morpholine rings is 1. The van der Waals surface area contributed by atoms with E-state index in [4.69, 9.17) is 19.4 Å². The molecule has 2 aliphatic heterocycles. The normalized spacial score (nSPS) is 15.3. The van der Waals surface area contributed by atoms with Crippen LogP contribution in [0, 0.1) is 0 Å². The molecule has 0 unspecified atom stereocenters. The van der Waals surface area contributed by atoms with Crippen LogP contribution in [0.3, 0.4) is 0 Å². The average molecular weight is 441 g/mol. The lowest BCUT2D eigenvalue weighted by molar-refractivity contribution is 0.106. The molecule has 2 aliphatic rings. The van der Waals surface area contributed by atoms with Crippen LogP contribution in [0.1, 0.15) is 25.1 Å². The lowest BCUT2D eigenvalue weighted by Gasteiger charge is -2.27. The molecule has 1 aromatic carbocycles. The molecule has 0 atom stereocenters. The number of hydrogen-bond donors (Lipinski definition) is 2. The van der Waals surface area contributed by atoms with Gasteiger partial charge in [-0.2, -0.15) is 0 Å². The van der Waals surface area contributed by atoms with Crippen molar-refractivity contribution in [1.82, 2.24) is 20.2 Å². The van der Waals surface area contributed by atoms with Gasteiger partial charge in [0.25, 0.3) is 0 Å². The van der Waals surface area contributed by atoms with Gasteiger partial charge in [-0.3, -0.25) is 4.90 Å². The van der Waals surface area contributed by atoms with Crippen molar-refractivity contribution < 1.29 is 19.1 Å². The van der Waals surface area contributed by atoms with Gasteiger partial charge in [-0.1, -0.05) is 12.1 Å². The van der Waals surface area contributed by atoms with Gasteiger partial charge in [0.15, 0.2) is 0 Å². The molecule has 4 rings (SSSR count). The quantitative estimate of drug-likeness (QED) is 0.736. The summed E-state index contributed by atoms with van der Waals surface area (Å²) in [5.41, 5.74) is 4.11. The molecule has 3 amide bonds. The highest BCUT2D eigenvalue weighted by atomic mass is 16.6. The van der Waals surface area contributed by atoms with Crippen molar-refractivity contribution in [3.05, 3.63) is 35.5 Å². The smallest absolute Gasteiger partial charge is 0.410 e. The standard InChI is InChI=1S/C22H28N6O4/c1-3-23-21(29)24-16-7-5-15(6-8-16)19-17-13-28(22(30)32-4-2)14-18(17)25-20(26-19)27-9-11-31-12-10-27/h5-8H,3-4,9-14H2,1-2H3,(H2,23,24,29). The van der Waals surface area contributed by atoms with Crippen LogP contribution in [-0.2, 0) is 22.6 Å². The minimum Gasteiger partial charge on any atom is -0.450 e. The lowest BCUT2D eigenvalue weighted by Crippen LogP contribution is -2.37. The van der Waals surface area contributed by atoms with Crippen LogP contribution in [0.5, 0.6) is 0 Å². The predicted molar refractivity (Wildman–Crippen MR) is 119 cm³/mol. The molecule has 1 saturated heterocycles. The van der Waals surface area contributed by atoms with Crippen molar-refractivity contribution >= 4 is 23.8 Å². The van der Waals surface area contributed by atoms with Crippen LogP contribution in [-0.4, -0.2) is 66.4 Å². The van der Waals surface area contributed by atoms with E-state index in [-0.39, 0.29) is 12.1 Å². The number of nitrogens with one attached hydrogen (secondary N) is 2. The molecule has 1 fully saturated rings. The molecule has 10 heteroatoms. The van der Waals surface area contributed by atoms with E-state index in [0.717, 1.165) is 35.6 Å². The SMILES string of the molecule is CCNC(=O)Nc1ccc(-c2nc(N3CCOCC3)nc3c2CN(C(=O)OCC)C3)cc1. The highest BCUT2D eigenvalue weighted by molar-refractivity contribution is 5.89. The fraction of sp³-hybridized carbons (Fsp3) is 0.455. The fourth-order valence-corrected chi connectivity index (χ4v) is 3.78. The number of benzene rings is 1. The van der Waals surface area contributed by atoms with E-state index in [9.17, 15) is 9.59 Å². The predicted octanol–water partition coefficient (Wildman–Crippen LogP) is 2.59. The number of fused-ring (bicyclic) bond motifs is 1. The number of urea groups is 1. The summed E-state index contributed by atoms with van der Waals surface area (Å²) in [6, 6.07) is 7.26. The Morgan fingerprint density at radius 3 is 2.53 bits per heavy atom. The number of carbonyl (C=O) groups excluding carboxylic acids is 2. The Hall–Kier alpha value is -3.40. The summed E-state index contributed by atoms with van der Waals surface area (Å²) in [7, 11) is 0. The third-order valence-electron chi connectivity index (χ3n) is 5.34. The first-order chi connectivity index (χ1) is 15.6. The maximum atomic E-state index is 12.3. The lowest BCUT2D eigenvalue weighted by atomic mass is 10.1. The minimum absolute atomic E-state index is 0.247. The number of hydrogen-bond acceptors (Lipinski definition) is 7. The largest absolute Gasteiger partial charge is 0.450 e. The molecule has 0 bridgehead atoms. The zero-order chi connectivity index (χ0) is 22.5. The van der Waals surface area contributed by atoms with Crippen molar-refractivity contribution in [2.75, 3.05) is 49.7 Å². The average Bonchev–Trinajstić information content (AvgIpc) is 3.24. The highest BCUT2D eigenvalue weighted by Gasteiger charge is 2.30. The molecule has 3 heterocycles. The summed E-state index contributed by atoms with van der Waals surface area (Å²) in [5.74, 6) is 0.636. The zero-order valence-corrected chi connectivity index (χ0v) is 18.4. The highest BCUT2D eigenvalue weighted by Crippen LogP contribution is 2.33. The summed E-state index contributed by atoms with van der Waals surface area (Å²) in [6.45, 7) is 8.01. The third kappa shape index (κ3) is 4.75. The van der Waals surface area contributed by atoms with Gasteiger partial charge in [0.05, 0.1) is 44.3 Å². The van der Waals surface area contributed by atoms with Gasteiger partial charge in [0.1, 0.15) is 0 Å². The number of nitrogens with zero attached hydrogens (tertiary/aromatic N) is 4. The van der Waals surface area contributed by atoms with Gasteiger partial charge >= 0.3 is 12.1 Å². The van der Waals surface area contributed by atoms with Crippen LogP contribution < -0.4 is 15.5 Å². The van der Waals surface area contributed by atoms with Crippen molar-refractivity contribution in [3.63, 3.8) is 0 Å². The summed E-state index contributed by atoms with van der Waals surface area (Å²) in [5, 5.41) is 5.51. The molecule has 0 aliphatic carbocycles. The third-order valence-corrected chi connectivity index (χ3v) is 5.34. The van der Waals surface area contributed by atoms with Crippen LogP contribution in [0.2, 0.25) is 0 Å². The first-order valence-electron chi connectivity index (χ1n) is 10.9. The van der Waals surface area contributed by atoms with Gasteiger partial charge in [-0.15, -0.1) is 0 Å². The Morgan fingerprint density at radius 1 is 1.09 bits per heavy atom. The number of carbonyl (C=O) groups is 2. The van der Waals surface area contributed by atoms with Crippen LogP contribution in [0.4, 0.5) is 21.2 Å². The van der Waals surface area contributed by atoms with E-state index < -0.39 is 0 Å². The second-order valence-corrected chi connectivity index (χ2v) is 7.51. The number of anilines is 2. The first kappa shape index (κ1) is 21.8. The Balaban J connectivity index is 1.65. The van der Waals surface area contributed by atoms with E-state index in [1.807, 2.05) is 31.2 Å². The minimum atomic E-state index is -0.356. The van der Waals surface area contributed by atoms with Gasteiger partial charge in [-0.25, -0.2) is 19.6 Å². The molecule has 1 aromatic heterocycles. The molecule has 170 valence electrons. The van der Waals surface area contributed by atoms with Crippen LogP contribution in [0.25, 0.3) is 11.3 Å². The van der Waals surface area contributed by atoms with Crippen molar-refractivity contribution in [2.24, 2.45) is 0 Å². The summed E-state index contributed by atoms with van der Waals surface area (Å²) in [6.07, 6.45) is -0.356. The topological polar surface area (TPSA) is 109 Å². The van der Waals surface area contributed by atoms with E-state index in [1.54, 1.807) is 11.8 Å². The maximum absolute atomic E-state index is 12.3. The van der Waals surface area contributed by atoms with Crippen LogP contribution >= 0.6 is 0 Å². The summed E-state index contributed by atoms with van der Waals surface area (Å²) < 4.78 is 10.6. The first-order valence-corrected chi connectivity index (χ1v) is 10.9. The van der Waals surface area contributed by atoms with E-state index >= 15 is 0 Å². The zero-order valence-electron chi connectivity index (χ0n) is 18.4. The summed E-state index contributed by atoms with van der Waals surface area (Å²) in [4.78, 5) is 37.5. The molecule has 2 N–H and O–H groups in total. The molecule has 0 radical (unpaired) electrons. The monoisotopic (exact) mass is 440 g/mol. The molecule has 0 saturated carbocycles. The van der Waals surface area contributed by atoms with Gasteiger partial charge in [0, 0.05) is 36.4 Å². The van der Waals surface area contributed by atoms with Crippen molar-refractivity contribution in [3.8, 4) is 11.3 Å². The van der Waals surface area contributed by atoms with Gasteiger partial charge < -0.3 is 25.0 Å². The molecule has 0 spiro atoms. The summed E-state index contributed by atoms with van der Waals surface area (Å²) >= 11 is 0. The fourth-order valence-electron chi connectivity index (χ4n) is 3.78. The number of amides is 3. The molecular weight excluding hydrogens is 412 g/mol. The molecule has 2 aromatic rings. The Labute approximate surface area is 186 Å². The van der Waals surface area contributed by atoms with Gasteiger partial charge in [-0.05, 0) is 26.0 Å². The second kappa shape index (κ2) is 9.82. The molecule has 10 nitrogen and oxygen atoms in total. The Morgan fingerprint density at radius 2 is 1.84 bits per heavy atom. The van der Waals surface area contributed by atoms with Crippen molar-refractivity contribution in [1.29, 1.82) is 0 Å². The Bertz CT molecular complexity index is 975. The molecule has 32 heavy (non-hydrogen) atoms. The second-order valence-electron chi connectivity index (χ2n) is 7.51.